The molecule has 0 aromatic heterocycles. The molecule has 0 radical (unpaired) electrons. The summed E-state index contributed by atoms with van der Waals surface area (Å²) < 4.78 is 12.3. The number of aromatic carboxylic acids is 1. The van der Waals surface area contributed by atoms with Crippen LogP contribution in [0.25, 0.3) is 0 Å². The SMILES string of the molecule is Cc1ccc(S(=O)C(C)C(=O)NC2CC2)cc1C(=O)O. The van der Waals surface area contributed by atoms with Gasteiger partial charge in [0.05, 0.1) is 16.4 Å². The van der Waals surface area contributed by atoms with E-state index >= 15 is 0 Å². The molecule has 108 valence electrons. The van der Waals surface area contributed by atoms with E-state index in [0.717, 1.165) is 12.8 Å². The van der Waals surface area contributed by atoms with Gasteiger partial charge in [-0.2, -0.15) is 0 Å². The Morgan fingerprint density at radius 3 is 2.60 bits per heavy atom. The number of amides is 1. The first-order valence-electron chi connectivity index (χ1n) is 6.45. The second-order valence-corrected chi connectivity index (χ2v) is 6.78. The largest absolute Gasteiger partial charge is 0.478 e. The Kier molecular flexibility index (Phi) is 4.23. The lowest BCUT2D eigenvalue weighted by Crippen LogP contribution is -2.36. The standard InChI is InChI=1S/C14H17NO4S/c1-8-3-6-11(7-12(8)14(17)18)20(19)9(2)13(16)15-10-4-5-10/h3,6-7,9-10H,4-5H2,1-2H3,(H,15,16)(H,17,18). The minimum Gasteiger partial charge on any atom is -0.478 e. The Hall–Kier alpha value is -1.69. The minimum atomic E-state index is -1.56. The summed E-state index contributed by atoms with van der Waals surface area (Å²) in [6, 6.07) is 4.82. The molecule has 2 rings (SSSR count). The van der Waals surface area contributed by atoms with Crippen molar-refractivity contribution in [3.63, 3.8) is 0 Å². The van der Waals surface area contributed by atoms with Gasteiger partial charge in [0.2, 0.25) is 5.91 Å². The highest BCUT2D eigenvalue weighted by Gasteiger charge is 2.28. The van der Waals surface area contributed by atoms with E-state index in [1.165, 1.54) is 6.07 Å². The van der Waals surface area contributed by atoms with E-state index in [4.69, 9.17) is 5.11 Å². The Bertz CT molecular complexity index is 581. The van der Waals surface area contributed by atoms with Gasteiger partial charge in [-0.3, -0.25) is 9.00 Å². The second-order valence-electron chi connectivity index (χ2n) is 5.00. The van der Waals surface area contributed by atoms with Crippen LogP contribution in [0.2, 0.25) is 0 Å². The molecular weight excluding hydrogens is 278 g/mol. The Morgan fingerprint density at radius 2 is 2.05 bits per heavy atom. The number of benzene rings is 1. The predicted octanol–water partition coefficient (Wildman–Crippen LogP) is 1.47. The van der Waals surface area contributed by atoms with Crippen LogP contribution in [-0.4, -0.2) is 32.5 Å². The van der Waals surface area contributed by atoms with Gasteiger partial charge in [0.1, 0.15) is 5.25 Å². The topological polar surface area (TPSA) is 83.5 Å². The number of rotatable bonds is 5. The van der Waals surface area contributed by atoms with Gasteiger partial charge < -0.3 is 10.4 Å². The van der Waals surface area contributed by atoms with Crippen molar-refractivity contribution in [2.45, 2.75) is 42.9 Å². The first-order valence-corrected chi connectivity index (χ1v) is 7.66. The van der Waals surface area contributed by atoms with Crippen LogP contribution in [0.3, 0.4) is 0 Å². The zero-order chi connectivity index (χ0) is 14.9. The maximum Gasteiger partial charge on any atom is 0.335 e. The molecule has 2 unspecified atom stereocenters. The third-order valence-corrected chi connectivity index (χ3v) is 4.86. The molecule has 20 heavy (non-hydrogen) atoms. The summed E-state index contributed by atoms with van der Waals surface area (Å²) in [4.78, 5) is 23.3. The first-order chi connectivity index (χ1) is 9.40. The van der Waals surface area contributed by atoms with Gasteiger partial charge in [-0.05, 0) is 44.4 Å². The second kappa shape index (κ2) is 5.75. The molecular formula is C14H17NO4S. The van der Waals surface area contributed by atoms with Crippen molar-refractivity contribution in [2.24, 2.45) is 0 Å². The van der Waals surface area contributed by atoms with Crippen molar-refractivity contribution in [1.82, 2.24) is 5.32 Å². The number of carboxylic acids is 1. The molecule has 0 aliphatic heterocycles. The highest BCUT2D eigenvalue weighted by atomic mass is 32.2. The Labute approximate surface area is 119 Å². The monoisotopic (exact) mass is 295 g/mol. The van der Waals surface area contributed by atoms with E-state index in [1.54, 1.807) is 26.0 Å². The predicted molar refractivity (Wildman–Crippen MR) is 75.2 cm³/mol. The van der Waals surface area contributed by atoms with Crippen LogP contribution in [0.5, 0.6) is 0 Å². The van der Waals surface area contributed by atoms with Crippen LogP contribution >= 0.6 is 0 Å². The number of hydrogen-bond donors (Lipinski definition) is 2. The van der Waals surface area contributed by atoms with Gasteiger partial charge in [0.15, 0.2) is 0 Å². The zero-order valence-electron chi connectivity index (χ0n) is 11.4. The number of carboxylic acid groups (broad SMARTS) is 1. The first kappa shape index (κ1) is 14.7. The van der Waals surface area contributed by atoms with Crippen LogP contribution < -0.4 is 5.32 Å². The minimum absolute atomic E-state index is 0.116. The van der Waals surface area contributed by atoms with Crippen LogP contribution in [0, 0.1) is 6.92 Å². The summed E-state index contributed by atoms with van der Waals surface area (Å²) in [6.07, 6.45) is 1.94. The number of aryl methyl sites for hydroxylation is 1. The zero-order valence-corrected chi connectivity index (χ0v) is 12.2. The van der Waals surface area contributed by atoms with E-state index in [1.807, 2.05) is 0 Å². The van der Waals surface area contributed by atoms with Gasteiger partial charge in [-0.1, -0.05) is 6.07 Å². The van der Waals surface area contributed by atoms with Gasteiger partial charge in [-0.15, -0.1) is 0 Å². The molecule has 1 fully saturated rings. The fourth-order valence-electron chi connectivity index (χ4n) is 1.80. The molecule has 1 amide bonds. The number of carbonyl (C=O) groups is 2. The molecule has 0 bridgehead atoms. The van der Waals surface area contributed by atoms with Crippen molar-refractivity contribution >= 4 is 22.7 Å². The summed E-state index contributed by atoms with van der Waals surface area (Å²) in [5.41, 5.74) is 0.721. The third kappa shape index (κ3) is 3.25. The average molecular weight is 295 g/mol. The van der Waals surface area contributed by atoms with Crippen molar-refractivity contribution in [3.8, 4) is 0 Å². The lowest BCUT2D eigenvalue weighted by molar-refractivity contribution is -0.120. The summed E-state index contributed by atoms with van der Waals surface area (Å²) in [5, 5.41) is 11.2. The molecule has 1 aliphatic rings. The van der Waals surface area contributed by atoms with E-state index in [9.17, 15) is 13.8 Å². The van der Waals surface area contributed by atoms with Gasteiger partial charge in [0, 0.05) is 10.9 Å². The third-order valence-electron chi connectivity index (χ3n) is 3.29. The number of nitrogens with one attached hydrogen (secondary N) is 1. The summed E-state index contributed by atoms with van der Waals surface area (Å²) >= 11 is 0. The molecule has 5 nitrogen and oxygen atoms in total. The fourth-order valence-corrected chi connectivity index (χ4v) is 2.91. The Balaban J connectivity index is 2.17. The smallest absolute Gasteiger partial charge is 0.335 e. The van der Waals surface area contributed by atoms with Gasteiger partial charge in [-0.25, -0.2) is 4.79 Å². The molecule has 1 aliphatic carbocycles. The van der Waals surface area contributed by atoms with Crippen molar-refractivity contribution in [1.29, 1.82) is 0 Å². The molecule has 2 atom stereocenters. The van der Waals surface area contributed by atoms with E-state index < -0.39 is 22.0 Å². The fraction of sp³-hybridized carbons (Fsp3) is 0.429. The molecule has 1 aromatic rings. The van der Waals surface area contributed by atoms with E-state index in [0.29, 0.717) is 10.5 Å². The average Bonchev–Trinajstić information content (AvgIpc) is 3.21. The highest BCUT2D eigenvalue weighted by Crippen LogP contribution is 2.21. The van der Waals surface area contributed by atoms with Crippen LogP contribution in [0.15, 0.2) is 23.1 Å². The van der Waals surface area contributed by atoms with Crippen LogP contribution in [-0.2, 0) is 15.6 Å². The number of carbonyl (C=O) groups excluding carboxylic acids is 1. The molecule has 6 heteroatoms. The van der Waals surface area contributed by atoms with Crippen molar-refractivity contribution in [2.75, 3.05) is 0 Å². The van der Waals surface area contributed by atoms with E-state index in [-0.39, 0.29) is 17.5 Å². The van der Waals surface area contributed by atoms with Gasteiger partial charge in [0.25, 0.3) is 0 Å². The Morgan fingerprint density at radius 1 is 1.40 bits per heavy atom. The van der Waals surface area contributed by atoms with Crippen molar-refractivity contribution in [3.05, 3.63) is 29.3 Å². The van der Waals surface area contributed by atoms with Crippen molar-refractivity contribution < 1.29 is 18.9 Å². The van der Waals surface area contributed by atoms with Crippen LogP contribution in [0.4, 0.5) is 0 Å². The summed E-state index contributed by atoms with van der Waals surface area (Å²) in [6.45, 7) is 3.27. The molecule has 0 spiro atoms. The molecule has 2 N–H and O–H groups in total. The summed E-state index contributed by atoms with van der Waals surface area (Å²) in [7, 11) is -1.56. The maximum atomic E-state index is 12.3. The highest BCUT2D eigenvalue weighted by molar-refractivity contribution is 7.86. The van der Waals surface area contributed by atoms with Gasteiger partial charge >= 0.3 is 5.97 Å². The normalized spacial score (nSPS) is 17.3. The van der Waals surface area contributed by atoms with E-state index in [2.05, 4.69) is 5.32 Å². The molecule has 1 saturated carbocycles. The maximum absolute atomic E-state index is 12.3. The summed E-state index contributed by atoms with van der Waals surface area (Å²) in [5.74, 6) is -1.31. The molecule has 0 heterocycles. The van der Waals surface area contributed by atoms with Crippen LogP contribution in [0.1, 0.15) is 35.7 Å². The molecule has 0 saturated heterocycles. The molecule has 1 aromatic carbocycles. The number of hydrogen-bond acceptors (Lipinski definition) is 3. The lowest BCUT2D eigenvalue weighted by Gasteiger charge is -2.12. The quantitative estimate of drug-likeness (QED) is 0.861. The lowest BCUT2D eigenvalue weighted by atomic mass is 10.1.